The Labute approximate surface area is 217 Å². The third kappa shape index (κ3) is 4.49. The molecule has 0 saturated carbocycles. The zero-order valence-corrected chi connectivity index (χ0v) is 20.4. The summed E-state index contributed by atoms with van der Waals surface area (Å²) >= 11 is 0. The van der Waals surface area contributed by atoms with Crippen LogP contribution in [-0.2, 0) is 11.3 Å². The van der Waals surface area contributed by atoms with Crippen LogP contribution < -0.4 is 14.2 Å². The van der Waals surface area contributed by atoms with E-state index in [2.05, 4.69) is 4.74 Å². The predicted molar refractivity (Wildman–Crippen MR) is 129 cm³/mol. The van der Waals surface area contributed by atoms with Crippen molar-refractivity contribution >= 4 is 28.7 Å². The number of esters is 1. The van der Waals surface area contributed by atoms with E-state index < -0.39 is 47.4 Å². The number of carbonyl (C=O) groups excluding carboxylic acids is 2. The highest BCUT2D eigenvalue weighted by atomic mass is 19.2. The second-order valence-electron chi connectivity index (χ2n) is 8.60. The largest absolute Gasteiger partial charge is 0.476 e. The van der Waals surface area contributed by atoms with Gasteiger partial charge in [0.15, 0.2) is 18.1 Å². The second kappa shape index (κ2) is 9.90. The lowest BCUT2D eigenvalue weighted by molar-refractivity contribution is -0.136. The molecule has 11 heteroatoms. The van der Waals surface area contributed by atoms with Gasteiger partial charge in [-0.05, 0) is 37.6 Å². The van der Waals surface area contributed by atoms with Gasteiger partial charge in [-0.1, -0.05) is 18.2 Å². The number of nitrogens with zero attached hydrogens (tertiary/aromatic N) is 1. The van der Waals surface area contributed by atoms with E-state index in [1.807, 2.05) is 42.0 Å². The number of allylic oxidation sites excluding steroid dienone is 1. The second-order valence-corrected chi connectivity index (χ2v) is 8.60. The first-order valence-corrected chi connectivity index (χ1v) is 11.6. The maximum absolute atomic E-state index is 13.8. The molecule has 1 aliphatic rings. The summed E-state index contributed by atoms with van der Waals surface area (Å²) in [5, 5.41) is 0.930. The van der Waals surface area contributed by atoms with E-state index in [1.165, 1.54) is 12.1 Å². The van der Waals surface area contributed by atoms with Crippen molar-refractivity contribution in [3.8, 4) is 17.2 Å². The molecule has 0 aliphatic carbocycles. The van der Waals surface area contributed by atoms with Gasteiger partial charge >= 0.3 is 5.97 Å². The summed E-state index contributed by atoms with van der Waals surface area (Å²) in [6, 6.07) is 10.3. The van der Waals surface area contributed by atoms with Gasteiger partial charge in [-0.2, -0.15) is 8.78 Å². The molecule has 0 amide bonds. The Bertz CT molecular complexity index is 1680. The molecule has 1 aromatic heterocycles. The first-order valence-electron chi connectivity index (χ1n) is 11.6. The minimum atomic E-state index is -2.35. The van der Waals surface area contributed by atoms with Crippen molar-refractivity contribution in [2.75, 3.05) is 6.61 Å². The van der Waals surface area contributed by atoms with E-state index >= 15 is 0 Å². The van der Waals surface area contributed by atoms with Crippen LogP contribution in [0.5, 0.6) is 17.2 Å². The van der Waals surface area contributed by atoms with Gasteiger partial charge in [-0.3, -0.25) is 4.79 Å². The minimum absolute atomic E-state index is 0.0604. The summed E-state index contributed by atoms with van der Waals surface area (Å²) in [4.78, 5) is 25.3. The molecule has 0 fully saturated rings. The van der Waals surface area contributed by atoms with E-state index in [9.17, 15) is 31.5 Å². The van der Waals surface area contributed by atoms with E-state index in [1.54, 1.807) is 13.0 Å². The normalized spacial score (nSPS) is 13.6. The fraction of sp³-hybridized carbons (Fsp3) is 0.143. The molecule has 6 nitrogen and oxygen atoms in total. The van der Waals surface area contributed by atoms with Crippen LogP contribution in [0.2, 0.25) is 0 Å². The molecule has 5 rings (SSSR count). The monoisotopic (exact) mass is 543 g/mol. The van der Waals surface area contributed by atoms with Crippen LogP contribution in [0.15, 0.2) is 48.4 Å². The molecule has 39 heavy (non-hydrogen) atoms. The summed E-state index contributed by atoms with van der Waals surface area (Å²) in [6.45, 7) is 3.15. The molecule has 0 spiro atoms. The lowest BCUT2D eigenvalue weighted by Gasteiger charge is -2.11. The summed E-state index contributed by atoms with van der Waals surface area (Å²) in [7, 11) is 0. The van der Waals surface area contributed by atoms with Crippen LogP contribution in [0, 0.1) is 36.0 Å². The van der Waals surface area contributed by atoms with E-state index in [0.717, 1.165) is 23.0 Å². The quantitative estimate of drug-likeness (QED) is 0.0717. The van der Waals surface area contributed by atoms with Crippen molar-refractivity contribution in [2.45, 2.75) is 20.4 Å². The average Bonchev–Trinajstić information content (AvgIpc) is 3.43. The topological polar surface area (TPSA) is 66.8 Å². The van der Waals surface area contributed by atoms with Gasteiger partial charge in [-0.15, -0.1) is 0 Å². The fourth-order valence-electron chi connectivity index (χ4n) is 4.33. The molecular formula is C28H18F5NO5. The molecule has 0 N–H and O–H groups in total. The van der Waals surface area contributed by atoms with Crippen molar-refractivity contribution in [2.24, 2.45) is 0 Å². The van der Waals surface area contributed by atoms with Crippen LogP contribution in [0.25, 0.3) is 17.0 Å². The number of aryl methyl sites for hydroxylation is 2. The number of benzene rings is 3. The van der Waals surface area contributed by atoms with Crippen molar-refractivity contribution in [3.63, 3.8) is 0 Å². The average molecular weight is 543 g/mol. The van der Waals surface area contributed by atoms with E-state index in [4.69, 9.17) is 9.47 Å². The summed E-state index contributed by atoms with van der Waals surface area (Å²) in [5.41, 5.74) is 2.45. The Hall–Kier alpha value is -4.67. The first-order chi connectivity index (χ1) is 18.6. The summed E-state index contributed by atoms with van der Waals surface area (Å²) < 4.78 is 84.8. The standard InChI is InChI=1S/C28H18F5NO5/c1-3-34-11-14(16-6-4-5-7-17(16)34)9-19-27(36)21-13(2)8-15(10-18(21)39-19)38-20(35)12-37-28-25(32)23(30)22(29)24(31)26(28)33/h4-11H,3,12H2,1-2H3/b19-9-. The van der Waals surface area contributed by atoms with Crippen LogP contribution in [0.1, 0.15) is 28.4 Å². The molecule has 1 aliphatic heterocycles. The number of rotatable bonds is 6. The van der Waals surface area contributed by atoms with Crippen LogP contribution in [-0.4, -0.2) is 22.9 Å². The van der Waals surface area contributed by atoms with Gasteiger partial charge in [0.1, 0.15) is 11.5 Å². The third-order valence-electron chi connectivity index (χ3n) is 6.13. The Kier molecular flexibility index (Phi) is 6.59. The Morgan fingerprint density at radius 3 is 2.36 bits per heavy atom. The maximum Gasteiger partial charge on any atom is 0.349 e. The molecule has 3 aromatic carbocycles. The number of para-hydroxylation sites is 1. The molecule has 0 unspecified atom stereocenters. The molecule has 4 aromatic rings. The van der Waals surface area contributed by atoms with Crippen molar-refractivity contribution in [3.05, 3.63) is 94.1 Å². The highest BCUT2D eigenvalue weighted by Gasteiger charge is 2.31. The number of aromatic nitrogens is 1. The smallest absolute Gasteiger partial charge is 0.349 e. The fourth-order valence-corrected chi connectivity index (χ4v) is 4.33. The van der Waals surface area contributed by atoms with Gasteiger partial charge in [0.25, 0.3) is 0 Å². The zero-order chi connectivity index (χ0) is 28.0. The van der Waals surface area contributed by atoms with Crippen LogP contribution in [0.3, 0.4) is 0 Å². The highest BCUT2D eigenvalue weighted by Crippen LogP contribution is 2.38. The maximum atomic E-state index is 13.8. The Morgan fingerprint density at radius 1 is 1.00 bits per heavy atom. The number of halogens is 5. The lowest BCUT2D eigenvalue weighted by atomic mass is 10.0. The van der Waals surface area contributed by atoms with Gasteiger partial charge in [0, 0.05) is 35.3 Å². The number of hydrogen-bond donors (Lipinski definition) is 0. The number of fused-ring (bicyclic) bond motifs is 2. The number of carbonyl (C=O) groups is 2. The molecule has 2 heterocycles. The molecule has 0 radical (unpaired) electrons. The van der Waals surface area contributed by atoms with Crippen molar-refractivity contribution in [1.29, 1.82) is 0 Å². The molecular weight excluding hydrogens is 525 g/mol. The van der Waals surface area contributed by atoms with Gasteiger partial charge in [0.05, 0.1) is 5.56 Å². The van der Waals surface area contributed by atoms with Crippen molar-refractivity contribution in [1.82, 2.24) is 4.57 Å². The van der Waals surface area contributed by atoms with Crippen LogP contribution in [0.4, 0.5) is 22.0 Å². The van der Waals surface area contributed by atoms with Crippen LogP contribution >= 0.6 is 0 Å². The van der Waals surface area contributed by atoms with Gasteiger partial charge in [0.2, 0.25) is 34.9 Å². The first kappa shape index (κ1) is 26.0. The lowest BCUT2D eigenvalue weighted by Crippen LogP contribution is -2.19. The Balaban J connectivity index is 1.35. The summed E-state index contributed by atoms with van der Waals surface area (Å²) in [6.07, 6.45) is 3.53. The number of ketones is 1. The molecule has 200 valence electrons. The van der Waals surface area contributed by atoms with Gasteiger partial charge in [-0.25, -0.2) is 18.0 Å². The van der Waals surface area contributed by atoms with E-state index in [-0.39, 0.29) is 28.6 Å². The Morgan fingerprint density at radius 2 is 1.67 bits per heavy atom. The SMILES string of the molecule is CCn1cc(/C=C2\Oc3cc(OC(=O)COc4c(F)c(F)c(F)c(F)c4F)cc(C)c3C2=O)c2ccccc21. The van der Waals surface area contributed by atoms with Gasteiger partial charge < -0.3 is 18.8 Å². The zero-order valence-electron chi connectivity index (χ0n) is 20.4. The van der Waals surface area contributed by atoms with Crippen molar-refractivity contribution < 1.29 is 45.8 Å². The minimum Gasteiger partial charge on any atom is -0.476 e. The molecule has 0 atom stereocenters. The number of hydrogen-bond acceptors (Lipinski definition) is 5. The highest BCUT2D eigenvalue weighted by molar-refractivity contribution is 6.16. The number of Topliss-reactive ketones (excluding diaryl/α,β-unsaturated/α-hetero) is 1. The predicted octanol–water partition coefficient (Wildman–Crippen LogP) is 6.27. The number of ether oxygens (including phenoxy) is 3. The van der Waals surface area contributed by atoms with E-state index in [0.29, 0.717) is 5.56 Å². The summed E-state index contributed by atoms with van der Waals surface area (Å²) in [5.74, 6) is -14.3. The molecule has 0 saturated heterocycles. The third-order valence-corrected chi connectivity index (χ3v) is 6.13. The molecule has 0 bridgehead atoms.